The molecule has 1 unspecified atom stereocenters. The third kappa shape index (κ3) is 3.81. The van der Waals surface area contributed by atoms with Gasteiger partial charge in [-0.1, -0.05) is 48.5 Å². The first-order valence-corrected chi connectivity index (χ1v) is 9.84. The SMILES string of the molecule is Cc1cc(CC(NC(=O)OCC2c3ccccc3-c3ccccc32)C(=O)O)oc1C. The first-order chi connectivity index (χ1) is 14.4. The van der Waals surface area contributed by atoms with Gasteiger partial charge in [-0.3, -0.25) is 0 Å². The van der Waals surface area contributed by atoms with Crippen LogP contribution in [0.3, 0.4) is 0 Å². The average Bonchev–Trinajstić information content (AvgIpc) is 3.22. The second-order valence-electron chi connectivity index (χ2n) is 7.52. The number of benzene rings is 2. The Hall–Kier alpha value is -3.54. The first kappa shape index (κ1) is 19.8. The minimum absolute atomic E-state index is 0.0498. The van der Waals surface area contributed by atoms with Gasteiger partial charge < -0.3 is 19.6 Å². The van der Waals surface area contributed by atoms with Crippen molar-refractivity contribution in [1.82, 2.24) is 5.32 Å². The molecular weight excluding hydrogens is 382 g/mol. The minimum Gasteiger partial charge on any atom is -0.480 e. The summed E-state index contributed by atoms with van der Waals surface area (Å²) in [5.74, 6) is 0.0173. The van der Waals surface area contributed by atoms with Crippen LogP contribution in [0, 0.1) is 13.8 Å². The molecule has 2 N–H and O–H groups in total. The fourth-order valence-electron chi connectivity index (χ4n) is 3.93. The van der Waals surface area contributed by atoms with Gasteiger partial charge in [0.15, 0.2) is 0 Å². The highest BCUT2D eigenvalue weighted by Crippen LogP contribution is 2.44. The molecule has 0 aliphatic heterocycles. The molecule has 1 aromatic heterocycles. The molecule has 0 spiro atoms. The van der Waals surface area contributed by atoms with E-state index < -0.39 is 18.1 Å². The van der Waals surface area contributed by atoms with Crippen LogP contribution in [0.15, 0.2) is 59.0 Å². The molecule has 1 heterocycles. The largest absolute Gasteiger partial charge is 0.480 e. The maximum atomic E-state index is 12.4. The number of carboxylic acid groups (broad SMARTS) is 1. The summed E-state index contributed by atoms with van der Waals surface area (Å²) >= 11 is 0. The fourth-order valence-corrected chi connectivity index (χ4v) is 3.93. The molecule has 30 heavy (non-hydrogen) atoms. The zero-order valence-corrected chi connectivity index (χ0v) is 16.8. The standard InChI is InChI=1S/C24H23NO5/c1-14-11-16(30-15(14)2)12-22(23(26)27)25-24(28)29-13-21-19-9-5-3-7-17(19)18-8-4-6-10-20(18)21/h3-11,21-22H,12-13H2,1-2H3,(H,25,28)(H,26,27). The van der Waals surface area contributed by atoms with E-state index in [1.165, 1.54) is 0 Å². The van der Waals surface area contributed by atoms with Crippen molar-refractivity contribution in [2.45, 2.75) is 32.2 Å². The molecule has 6 nitrogen and oxygen atoms in total. The van der Waals surface area contributed by atoms with Gasteiger partial charge in [0.1, 0.15) is 24.2 Å². The van der Waals surface area contributed by atoms with Crippen molar-refractivity contribution in [1.29, 1.82) is 0 Å². The summed E-state index contributed by atoms with van der Waals surface area (Å²) in [5, 5.41) is 11.9. The van der Waals surface area contributed by atoms with Gasteiger partial charge >= 0.3 is 12.1 Å². The summed E-state index contributed by atoms with van der Waals surface area (Å²) in [7, 11) is 0. The van der Waals surface area contributed by atoms with Crippen molar-refractivity contribution in [2.24, 2.45) is 0 Å². The van der Waals surface area contributed by atoms with E-state index in [0.717, 1.165) is 33.6 Å². The van der Waals surface area contributed by atoms with Gasteiger partial charge in [-0.2, -0.15) is 0 Å². The van der Waals surface area contributed by atoms with E-state index in [9.17, 15) is 14.7 Å². The predicted molar refractivity (Wildman–Crippen MR) is 112 cm³/mol. The second-order valence-corrected chi connectivity index (χ2v) is 7.52. The zero-order valence-electron chi connectivity index (χ0n) is 16.8. The Morgan fingerprint density at radius 1 is 1.07 bits per heavy atom. The van der Waals surface area contributed by atoms with Crippen molar-refractivity contribution in [3.63, 3.8) is 0 Å². The number of carbonyl (C=O) groups is 2. The van der Waals surface area contributed by atoms with Gasteiger partial charge in [-0.05, 0) is 47.7 Å². The second kappa shape index (κ2) is 8.06. The Morgan fingerprint density at radius 3 is 2.20 bits per heavy atom. The van der Waals surface area contributed by atoms with E-state index >= 15 is 0 Å². The molecule has 0 fully saturated rings. The third-order valence-electron chi connectivity index (χ3n) is 5.56. The maximum Gasteiger partial charge on any atom is 0.407 e. The van der Waals surface area contributed by atoms with Gasteiger partial charge in [0.05, 0.1) is 0 Å². The van der Waals surface area contributed by atoms with Gasteiger partial charge in [0.25, 0.3) is 0 Å². The summed E-state index contributed by atoms with van der Waals surface area (Å²) in [6, 6.07) is 16.7. The lowest BCUT2D eigenvalue weighted by molar-refractivity contribution is -0.139. The number of alkyl carbamates (subject to hydrolysis) is 1. The molecule has 0 saturated carbocycles. The van der Waals surface area contributed by atoms with Crippen LogP contribution in [0.2, 0.25) is 0 Å². The Balaban J connectivity index is 1.43. The number of aryl methyl sites for hydroxylation is 2. The molecule has 1 aliphatic rings. The molecule has 6 heteroatoms. The Bertz CT molecular complexity index is 1040. The normalized spacial score (nSPS) is 13.4. The topological polar surface area (TPSA) is 88.8 Å². The Morgan fingerprint density at radius 2 is 1.67 bits per heavy atom. The number of carboxylic acids is 1. The van der Waals surface area contributed by atoms with Crippen LogP contribution >= 0.6 is 0 Å². The minimum atomic E-state index is -1.14. The molecule has 3 aromatic rings. The van der Waals surface area contributed by atoms with Crippen molar-refractivity contribution in [2.75, 3.05) is 6.61 Å². The Kier molecular flexibility index (Phi) is 5.31. The van der Waals surface area contributed by atoms with Crippen molar-refractivity contribution < 1.29 is 23.8 Å². The molecule has 4 rings (SSSR count). The number of rotatable bonds is 6. The van der Waals surface area contributed by atoms with Gasteiger partial charge in [0, 0.05) is 12.3 Å². The smallest absolute Gasteiger partial charge is 0.407 e. The van der Waals surface area contributed by atoms with Gasteiger partial charge in [0.2, 0.25) is 0 Å². The molecule has 2 aromatic carbocycles. The summed E-state index contributed by atoms with van der Waals surface area (Å²) in [6.07, 6.45) is -0.710. The molecule has 0 radical (unpaired) electrons. The zero-order chi connectivity index (χ0) is 21.3. The van der Waals surface area contributed by atoms with Crippen molar-refractivity contribution in [3.05, 3.63) is 82.8 Å². The molecular formula is C24H23NO5. The van der Waals surface area contributed by atoms with E-state index in [1.54, 1.807) is 6.07 Å². The fraction of sp³-hybridized carbons (Fsp3) is 0.250. The lowest BCUT2D eigenvalue weighted by atomic mass is 9.98. The number of ether oxygens (including phenoxy) is 1. The lowest BCUT2D eigenvalue weighted by Gasteiger charge is -2.17. The summed E-state index contributed by atoms with van der Waals surface area (Å²) < 4.78 is 11.0. The molecule has 0 saturated heterocycles. The number of amides is 1. The van der Waals surface area contributed by atoms with Crippen LogP contribution in [-0.2, 0) is 16.0 Å². The number of hydrogen-bond acceptors (Lipinski definition) is 4. The number of furan rings is 1. The van der Waals surface area contributed by atoms with Crippen LogP contribution in [0.4, 0.5) is 4.79 Å². The summed E-state index contributed by atoms with van der Waals surface area (Å²) in [5.41, 5.74) is 5.41. The number of aliphatic carboxylic acids is 1. The van der Waals surface area contributed by atoms with Crippen LogP contribution in [0.1, 0.15) is 34.1 Å². The quantitative estimate of drug-likeness (QED) is 0.633. The number of nitrogens with one attached hydrogen (secondary N) is 1. The third-order valence-corrected chi connectivity index (χ3v) is 5.56. The Labute approximate surface area is 174 Å². The first-order valence-electron chi connectivity index (χ1n) is 9.84. The number of carbonyl (C=O) groups excluding carboxylic acids is 1. The van der Waals surface area contributed by atoms with Crippen LogP contribution < -0.4 is 5.32 Å². The highest BCUT2D eigenvalue weighted by atomic mass is 16.5. The highest BCUT2D eigenvalue weighted by molar-refractivity contribution is 5.81. The van der Waals surface area contributed by atoms with E-state index in [1.807, 2.05) is 50.2 Å². The maximum absolute atomic E-state index is 12.4. The molecule has 1 aliphatic carbocycles. The monoisotopic (exact) mass is 405 g/mol. The van der Waals surface area contributed by atoms with Gasteiger partial charge in [-0.25, -0.2) is 9.59 Å². The van der Waals surface area contributed by atoms with E-state index in [-0.39, 0.29) is 18.9 Å². The molecule has 154 valence electrons. The van der Waals surface area contributed by atoms with Crippen LogP contribution in [-0.4, -0.2) is 29.8 Å². The van der Waals surface area contributed by atoms with E-state index in [4.69, 9.17) is 9.15 Å². The predicted octanol–water partition coefficient (Wildman–Crippen LogP) is 4.43. The van der Waals surface area contributed by atoms with Crippen molar-refractivity contribution >= 4 is 12.1 Å². The van der Waals surface area contributed by atoms with Crippen LogP contribution in [0.25, 0.3) is 11.1 Å². The van der Waals surface area contributed by atoms with E-state index in [2.05, 4.69) is 17.4 Å². The summed E-state index contributed by atoms with van der Waals surface area (Å²) in [6.45, 7) is 3.83. The molecule has 1 atom stereocenters. The highest BCUT2D eigenvalue weighted by Gasteiger charge is 2.30. The lowest BCUT2D eigenvalue weighted by Crippen LogP contribution is -2.42. The van der Waals surface area contributed by atoms with Gasteiger partial charge in [-0.15, -0.1) is 0 Å². The van der Waals surface area contributed by atoms with E-state index in [0.29, 0.717) is 5.76 Å². The summed E-state index contributed by atoms with van der Waals surface area (Å²) in [4.78, 5) is 24.0. The average molecular weight is 405 g/mol. The molecule has 0 bridgehead atoms. The molecule has 1 amide bonds. The number of fused-ring (bicyclic) bond motifs is 3. The number of hydrogen-bond donors (Lipinski definition) is 2. The van der Waals surface area contributed by atoms with Crippen LogP contribution in [0.5, 0.6) is 0 Å². The van der Waals surface area contributed by atoms with Crippen molar-refractivity contribution in [3.8, 4) is 11.1 Å².